The van der Waals surface area contributed by atoms with Gasteiger partial charge in [0.25, 0.3) is 15.9 Å². The highest BCUT2D eigenvalue weighted by molar-refractivity contribution is 7.92. The molecule has 0 spiro atoms. The number of carbonyl (C=O) groups is 1. The fraction of sp³-hybridized carbons (Fsp3) is 0.320. The molecule has 1 N–H and O–H groups in total. The van der Waals surface area contributed by atoms with Crippen molar-refractivity contribution in [2.24, 2.45) is 0 Å². The number of anilines is 3. The van der Waals surface area contributed by atoms with Gasteiger partial charge in [0.1, 0.15) is 17.9 Å². The largest absolute Gasteiger partial charge is 0.481 e. The molecule has 0 aliphatic carbocycles. The van der Waals surface area contributed by atoms with Crippen molar-refractivity contribution < 1.29 is 17.9 Å². The number of nitrogens with zero attached hydrogens (tertiary/aromatic N) is 5. The van der Waals surface area contributed by atoms with Gasteiger partial charge in [0.15, 0.2) is 6.10 Å². The van der Waals surface area contributed by atoms with Gasteiger partial charge in [0.2, 0.25) is 0 Å². The Morgan fingerprint density at radius 3 is 2.42 bits per heavy atom. The first-order chi connectivity index (χ1) is 17.2. The highest BCUT2D eigenvalue weighted by Gasteiger charge is 2.26. The number of hydrogen-bond acceptors (Lipinski definition) is 8. The summed E-state index contributed by atoms with van der Waals surface area (Å²) in [4.78, 5) is 26.7. The molecule has 3 aromatic rings. The van der Waals surface area contributed by atoms with Crippen molar-refractivity contribution in [3.05, 3.63) is 67.1 Å². The van der Waals surface area contributed by atoms with Gasteiger partial charge in [-0.1, -0.05) is 6.07 Å². The molecule has 1 fully saturated rings. The van der Waals surface area contributed by atoms with Crippen LogP contribution in [-0.4, -0.2) is 75.6 Å². The molecule has 1 amide bonds. The molecule has 1 aliphatic rings. The molecule has 1 atom stereocenters. The number of amides is 1. The second-order valence-electron chi connectivity index (χ2n) is 8.66. The van der Waals surface area contributed by atoms with Gasteiger partial charge in [-0.15, -0.1) is 0 Å². The maximum atomic E-state index is 13.0. The lowest BCUT2D eigenvalue weighted by Crippen LogP contribution is -2.52. The zero-order chi connectivity index (χ0) is 25.7. The van der Waals surface area contributed by atoms with E-state index < -0.39 is 16.1 Å². The molecule has 36 heavy (non-hydrogen) atoms. The summed E-state index contributed by atoms with van der Waals surface area (Å²) in [7, 11) is 0.158. The monoisotopic (exact) mass is 510 g/mol. The number of benzene rings is 2. The number of hydrogen-bond donors (Lipinski definition) is 1. The summed E-state index contributed by atoms with van der Waals surface area (Å²) in [6.45, 7) is 4.16. The minimum atomic E-state index is -3.75. The second-order valence-corrected chi connectivity index (χ2v) is 10.3. The van der Waals surface area contributed by atoms with Crippen molar-refractivity contribution in [2.75, 3.05) is 54.8 Å². The van der Waals surface area contributed by atoms with Crippen LogP contribution in [0.3, 0.4) is 0 Å². The van der Waals surface area contributed by atoms with E-state index in [1.54, 1.807) is 36.1 Å². The first-order valence-corrected chi connectivity index (χ1v) is 13.1. The van der Waals surface area contributed by atoms with Crippen molar-refractivity contribution in [2.45, 2.75) is 17.9 Å². The minimum absolute atomic E-state index is 0.0536. The van der Waals surface area contributed by atoms with Gasteiger partial charge in [0, 0.05) is 63.9 Å². The summed E-state index contributed by atoms with van der Waals surface area (Å²) in [5, 5.41) is 0. The number of sulfonamides is 1. The Hall–Kier alpha value is -3.86. The normalized spacial score (nSPS) is 14.8. The van der Waals surface area contributed by atoms with E-state index in [1.165, 1.54) is 18.6 Å². The molecule has 4 rings (SSSR count). The van der Waals surface area contributed by atoms with E-state index in [0.29, 0.717) is 31.9 Å². The van der Waals surface area contributed by atoms with E-state index in [4.69, 9.17) is 4.74 Å². The van der Waals surface area contributed by atoms with E-state index in [-0.39, 0.29) is 16.6 Å². The summed E-state index contributed by atoms with van der Waals surface area (Å²) in [6.07, 6.45) is 2.15. The average Bonchev–Trinajstić information content (AvgIpc) is 2.89. The summed E-state index contributed by atoms with van der Waals surface area (Å²) < 4.78 is 33.6. The first-order valence-electron chi connectivity index (χ1n) is 11.6. The van der Waals surface area contributed by atoms with Crippen molar-refractivity contribution in [3.63, 3.8) is 0 Å². The van der Waals surface area contributed by atoms with Crippen molar-refractivity contribution in [1.82, 2.24) is 14.9 Å². The number of carbonyl (C=O) groups excluding carboxylic acids is 1. The lowest BCUT2D eigenvalue weighted by Gasteiger charge is -2.37. The third-order valence-corrected chi connectivity index (χ3v) is 7.29. The molecule has 0 radical (unpaired) electrons. The number of rotatable bonds is 8. The standard InChI is InChI=1S/C25H30N6O4S/c1-19(35-22-6-4-5-21(17-22)29(2)3)25(32)31-15-13-30(14-16-31)20-7-9-23(10-8-20)36(33,34)28-24-11-12-26-18-27-24/h4-12,17-19H,13-16H2,1-3H3,(H,26,27,28). The van der Waals surface area contributed by atoms with E-state index in [1.807, 2.05) is 43.3 Å². The van der Waals surface area contributed by atoms with Gasteiger partial charge in [0.05, 0.1) is 4.90 Å². The lowest BCUT2D eigenvalue weighted by molar-refractivity contribution is -0.138. The molecule has 0 bridgehead atoms. The molecular formula is C25H30N6O4S. The number of ether oxygens (including phenoxy) is 1. The Kier molecular flexibility index (Phi) is 7.58. The van der Waals surface area contributed by atoms with Crippen LogP contribution in [0.25, 0.3) is 0 Å². The molecule has 1 saturated heterocycles. The van der Waals surface area contributed by atoms with Crippen molar-refractivity contribution in [1.29, 1.82) is 0 Å². The van der Waals surface area contributed by atoms with Crippen LogP contribution < -0.4 is 19.3 Å². The van der Waals surface area contributed by atoms with Crippen LogP contribution in [0.5, 0.6) is 5.75 Å². The molecule has 1 unspecified atom stereocenters. The van der Waals surface area contributed by atoms with Crippen molar-refractivity contribution in [3.8, 4) is 5.75 Å². The fourth-order valence-corrected chi connectivity index (χ4v) is 4.92. The third-order valence-electron chi connectivity index (χ3n) is 5.92. The average molecular weight is 511 g/mol. The molecule has 0 saturated carbocycles. The van der Waals surface area contributed by atoms with E-state index in [9.17, 15) is 13.2 Å². The van der Waals surface area contributed by atoms with E-state index >= 15 is 0 Å². The van der Waals surface area contributed by atoms with Gasteiger partial charge in [-0.2, -0.15) is 0 Å². The Morgan fingerprint density at radius 2 is 1.78 bits per heavy atom. The molecule has 1 aliphatic heterocycles. The van der Waals surface area contributed by atoms with Gasteiger partial charge < -0.3 is 19.4 Å². The van der Waals surface area contributed by atoms with Gasteiger partial charge in [-0.05, 0) is 49.4 Å². The molecular weight excluding hydrogens is 480 g/mol. The molecule has 2 heterocycles. The molecule has 11 heteroatoms. The van der Waals surface area contributed by atoms with Crippen LogP contribution in [0, 0.1) is 0 Å². The lowest BCUT2D eigenvalue weighted by atomic mass is 10.2. The summed E-state index contributed by atoms with van der Waals surface area (Å²) in [5.41, 5.74) is 1.90. The van der Waals surface area contributed by atoms with E-state index in [0.717, 1.165) is 11.4 Å². The second kappa shape index (κ2) is 10.8. The van der Waals surface area contributed by atoms with E-state index in [2.05, 4.69) is 19.6 Å². The SMILES string of the molecule is CC(Oc1cccc(N(C)C)c1)C(=O)N1CCN(c2ccc(S(=O)(=O)Nc3ccncn3)cc2)CC1. The fourth-order valence-electron chi connectivity index (χ4n) is 3.92. The predicted octanol–water partition coefficient (Wildman–Crippen LogP) is 2.46. The van der Waals surface area contributed by atoms with Gasteiger partial charge in [-0.3, -0.25) is 9.52 Å². The topological polar surface area (TPSA) is 108 Å². The van der Waals surface area contributed by atoms with Crippen LogP contribution in [0.4, 0.5) is 17.2 Å². The Bertz CT molecular complexity index is 1280. The predicted molar refractivity (Wildman–Crippen MR) is 139 cm³/mol. The van der Waals surface area contributed by atoms with Crippen LogP contribution in [0.1, 0.15) is 6.92 Å². The Morgan fingerprint density at radius 1 is 1.06 bits per heavy atom. The van der Waals surface area contributed by atoms with Crippen LogP contribution >= 0.6 is 0 Å². The van der Waals surface area contributed by atoms with Crippen LogP contribution in [0.2, 0.25) is 0 Å². The maximum absolute atomic E-state index is 13.0. The summed E-state index contributed by atoms with van der Waals surface area (Å²) in [5.74, 6) is 0.811. The smallest absolute Gasteiger partial charge is 0.263 e. The highest BCUT2D eigenvalue weighted by Crippen LogP contribution is 2.23. The van der Waals surface area contributed by atoms with Crippen LogP contribution in [-0.2, 0) is 14.8 Å². The van der Waals surface area contributed by atoms with Crippen LogP contribution in [0.15, 0.2) is 72.0 Å². The zero-order valence-corrected chi connectivity index (χ0v) is 21.4. The van der Waals surface area contributed by atoms with Gasteiger partial charge >= 0.3 is 0 Å². The number of nitrogens with one attached hydrogen (secondary N) is 1. The number of aromatic nitrogens is 2. The molecule has 1 aromatic heterocycles. The summed E-state index contributed by atoms with van der Waals surface area (Å²) >= 11 is 0. The Labute approximate surface area is 211 Å². The maximum Gasteiger partial charge on any atom is 0.263 e. The summed E-state index contributed by atoms with van der Waals surface area (Å²) in [6, 6.07) is 15.8. The molecule has 10 nitrogen and oxygen atoms in total. The first kappa shape index (κ1) is 25.2. The molecule has 2 aromatic carbocycles. The third kappa shape index (κ3) is 6.03. The highest BCUT2D eigenvalue weighted by atomic mass is 32.2. The number of piperazine rings is 1. The van der Waals surface area contributed by atoms with Gasteiger partial charge in [-0.25, -0.2) is 18.4 Å². The van der Waals surface area contributed by atoms with Crippen molar-refractivity contribution >= 4 is 33.1 Å². The minimum Gasteiger partial charge on any atom is -0.481 e. The molecule has 190 valence electrons. The quantitative estimate of drug-likeness (QED) is 0.492. The Balaban J connectivity index is 1.32. The zero-order valence-electron chi connectivity index (χ0n) is 20.5.